The first kappa shape index (κ1) is 10.5. The van der Waals surface area contributed by atoms with Crippen molar-refractivity contribution in [2.24, 2.45) is 0 Å². The number of halogens is 4. The Bertz CT molecular complexity index is 437. The summed E-state index contributed by atoms with van der Waals surface area (Å²) in [6.45, 7) is 0. The van der Waals surface area contributed by atoms with E-state index < -0.39 is 11.7 Å². The van der Waals surface area contributed by atoms with Crippen molar-refractivity contribution < 1.29 is 18.0 Å². The van der Waals surface area contributed by atoms with Gasteiger partial charge >= 0.3 is 6.18 Å². The highest BCUT2D eigenvalue weighted by Gasteiger charge is 2.39. The molecule has 5 heteroatoms. The van der Waals surface area contributed by atoms with Crippen LogP contribution < -0.4 is 0 Å². The summed E-state index contributed by atoms with van der Waals surface area (Å²) in [5.74, 6) is -0.197. The van der Waals surface area contributed by atoms with E-state index in [0.29, 0.717) is 5.56 Å². The largest absolute Gasteiger partial charge is 0.418 e. The molecule has 1 aromatic rings. The molecule has 0 heterocycles. The molecule has 80 valence electrons. The zero-order valence-corrected chi connectivity index (χ0v) is 8.24. The second kappa shape index (κ2) is 3.23. The van der Waals surface area contributed by atoms with Crippen LogP contribution in [0.4, 0.5) is 13.2 Å². The Morgan fingerprint density at radius 2 is 1.87 bits per heavy atom. The van der Waals surface area contributed by atoms with Gasteiger partial charge in [0.25, 0.3) is 0 Å². The van der Waals surface area contributed by atoms with E-state index >= 15 is 0 Å². The summed E-state index contributed by atoms with van der Waals surface area (Å²) in [6.07, 6.45) is -4.58. The molecular weight excluding hydrogens is 229 g/mol. The number of alkyl halides is 3. The Balaban J connectivity index is 2.65. The molecular formula is C10H6ClF3O. The molecule has 0 atom stereocenters. The van der Waals surface area contributed by atoms with Crippen molar-refractivity contribution >= 4 is 17.4 Å². The number of fused-ring (bicyclic) bond motifs is 1. The number of carbonyl (C=O) groups excluding carboxylic acids is 1. The van der Waals surface area contributed by atoms with Crippen LogP contribution in [0.5, 0.6) is 0 Å². The van der Waals surface area contributed by atoms with Crippen molar-refractivity contribution in [3.63, 3.8) is 0 Å². The summed E-state index contributed by atoms with van der Waals surface area (Å²) < 4.78 is 37.9. The smallest absolute Gasteiger partial charge is 0.299 e. The van der Waals surface area contributed by atoms with Crippen LogP contribution in [0.1, 0.15) is 16.7 Å². The summed E-state index contributed by atoms with van der Waals surface area (Å²) in [5, 5.41) is -0.337. The molecule has 0 N–H and O–H groups in total. The Morgan fingerprint density at radius 3 is 2.47 bits per heavy atom. The van der Waals surface area contributed by atoms with Crippen molar-refractivity contribution in [3.8, 4) is 0 Å². The van der Waals surface area contributed by atoms with Crippen LogP contribution >= 0.6 is 11.6 Å². The predicted molar refractivity (Wildman–Crippen MR) is 48.9 cm³/mol. The van der Waals surface area contributed by atoms with Crippen molar-refractivity contribution in [3.05, 3.63) is 33.8 Å². The normalized spacial score (nSPS) is 15.6. The molecule has 0 radical (unpaired) electrons. The highest BCUT2D eigenvalue weighted by atomic mass is 35.5. The van der Waals surface area contributed by atoms with E-state index in [9.17, 15) is 18.0 Å². The highest BCUT2D eigenvalue weighted by molar-refractivity contribution is 6.31. The first-order chi connectivity index (χ1) is 6.89. The third kappa shape index (κ3) is 1.74. The van der Waals surface area contributed by atoms with Gasteiger partial charge in [-0.2, -0.15) is 13.2 Å². The number of hydrogen-bond donors (Lipinski definition) is 0. The molecule has 1 nitrogen and oxygen atoms in total. The molecule has 0 bridgehead atoms. The maximum absolute atomic E-state index is 12.6. The lowest BCUT2D eigenvalue weighted by Gasteiger charge is -2.13. The SMILES string of the molecule is O=C1Cc2ccc(Cl)c(C(F)(F)F)c2C1. The fraction of sp³-hybridized carbons (Fsp3) is 0.300. The van der Waals surface area contributed by atoms with Crippen LogP contribution in [0.15, 0.2) is 12.1 Å². The topological polar surface area (TPSA) is 17.1 Å². The van der Waals surface area contributed by atoms with Gasteiger partial charge in [0.1, 0.15) is 5.78 Å². The maximum atomic E-state index is 12.6. The summed E-state index contributed by atoms with van der Waals surface area (Å²) in [7, 11) is 0. The predicted octanol–water partition coefficient (Wildman–Crippen LogP) is 3.03. The molecule has 2 rings (SSSR count). The number of ketones is 1. The molecule has 0 aliphatic heterocycles. The number of carbonyl (C=O) groups is 1. The van der Waals surface area contributed by atoms with Gasteiger partial charge in [-0.15, -0.1) is 0 Å². The lowest BCUT2D eigenvalue weighted by Crippen LogP contribution is -2.10. The molecule has 15 heavy (non-hydrogen) atoms. The average Bonchev–Trinajstić information content (AvgIpc) is 2.41. The maximum Gasteiger partial charge on any atom is 0.418 e. The van der Waals surface area contributed by atoms with Gasteiger partial charge in [-0.25, -0.2) is 0 Å². The molecule has 0 aromatic heterocycles. The number of rotatable bonds is 0. The summed E-state index contributed by atoms with van der Waals surface area (Å²) in [4.78, 5) is 11.1. The fourth-order valence-electron chi connectivity index (χ4n) is 1.81. The van der Waals surface area contributed by atoms with E-state index in [2.05, 4.69) is 0 Å². The Morgan fingerprint density at radius 1 is 1.20 bits per heavy atom. The first-order valence-corrected chi connectivity index (χ1v) is 4.66. The van der Waals surface area contributed by atoms with Gasteiger partial charge in [0.2, 0.25) is 0 Å². The molecule has 0 saturated heterocycles. The quantitative estimate of drug-likeness (QED) is 0.674. The third-order valence-electron chi connectivity index (χ3n) is 2.40. The van der Waals surface area contributed by atoms with Crippen molar-refractivity contribution in [1.82, 2.24) is 0 Å². The fourth-order valence-corrected chi connectivity index (χ4v) is 2.09. The third-order valence-corrected chi connectivity index (χ3v) is 2.72. The summed E-state index contributed by atoms with van der Waals surface area (Å²) in [6, 6.07) is 2.68. The lowest BCUT2D eigenvalue weighted by molar-refractivity contribution is -0.138. The van der Waals surface area contributed by atoms with Crippen LogP contribution in [0.25, 0.3) is 0 Å². The minimum atomic E-state index is -4.49. The van der Waals surface area contributed by atoms with Gasteiger partial charge in [-0.05, 0) is 17.2 Å². The lowest BCUT2D eigenvalue weighted by atomic mass is 10.0. The summed E-state index contributed by atoms with van der Waals surface area (Å²) in [5.41, 5.74) is -0.371. The zero-order valence-electron chi connectivity index (χ0n) is 7.49. The standard InChI is InChI=1S/C10H6ClF3O/c11-8-2-1-5-3-6(15)4-7(5)9(8)10(12,13)14/h1-2H,3-4H2. The van der Waals surface area contributed by atoms with Gasteiger partial charge in [0, 0.05) is 12.8 Å². The van der Waals surface area contributed by atoms with Crippen LogP contribution in [0.3, 0.4) is 0 Å². The van der Waals surface area contributed by atoms with Crippen molar-refractivity contribution in [1.29, 1.82) is 0 Å². The molecule has 1 aliphatic rings. The van der Waals surface area contributed by atoms with Crippen molar-refractivity contribution in [2.75, 3.05) is 0 Å². The molecule has 0 amide bonds. The second-order valence-electron chi connectivity index (χ2n) is 3.45. The molecule has 1 aromatic carbocycles. The van der Waals surface area contributed by atoms with Crippen LogP contribution in [-0.4, -0.2) is 5.78 Å². The van der Waals surface area contributed by atoms with E-state index in [-0.39, 0.29) is 29.2 Å². The molecule has 0 unspecified atom stereocenters. The van der Waals surface area contributed by atoms with E-state index in [0.717, 1.165) is 0 Å². The monoisotopic (exact) mass is 234 g/mol. The molecule has 0 fully saturated rings. The van der Waals surface area contributed by atoms with Gasteiger partial charge in [-0.3, -0.25) is 4.79 Å². The summed E-state index contributed by atoms with van der Waals surface area (Å²) >= 11 is 5.51. The Labute approximate surface area is 88.8 Å². The second-order valence-corrected chi connectivity index (χ2v) is 3.86. The van der Waals surface area contributed by atoms with Crippen LogP contribution in [0.2, 0.25) is 5.02 Å². The molecule has 1 aliphatic carbocycles. The van der Waals surface area contributed by atoms with Gasteiger partial charge in [0.15, 0.2) is 0 Å². The van der Waals surface area contributed by atoms with E-state index in [4.69, 9.17) is 11.6 Å². The molecule has 0 saturated carbocycles. The van der Waals surface area contributed by atoms with E-state index in [1.165, 1.54) is 12.1 Å². The van der Waals surface area contributed by atoms with Crippen molar-refractivity contribution in [2.45, 2.75) is 19.0 Å². The zero-order chi connectivity index (χ0) is 11.2. The Hall–Kier alpha value is -1.03. The average molecular weight is 235 g/mol. The Kier molecular flexibility index (Phi) is 2.26. The van der Waals surface area contributed by atoms with Gasteiger partial charge in [0.05, 0.1) is 10.6 Å². The number of hydrogen-bond acceptors (Lipinski definition) is 1. The van der Waals surface area contributed by atoms with E-state index in [1.54, 1.807) is 0 Å². The van der Waals surface area contributed by atoms with Gasteiger partial charge < -0.3 is 0 Å². The highest BCUT2D eigenvalue weighted by Crippen LogP contribution is 2.40. The van der Waals surface area contributed by atoms with Crippen LogP contribution in [0, 0.1) is 0 Å². The first-order valence-electron chi connectivity index (χ1n) is 4.28. The minimum absolute atomic E-state index is 0.0417. The number of benzene rings is 1. The molecule has 0 spiro atoms. The van der Waals surface area contributed by atoms with Crippen LogP contribution in [-0.2, 0) is 23.8 Å². The minimum Gasteiger partial charge on any atom is -0.299 e. The van der Waals surface area contributed by atoms with Gasteiger partial charge in [-0.1, -0.05) is 17.7 Å². The van der Waals surface area contributed by atoms with E-state index in [1.807, 2.05) is 0 Å². The number of Topliss-reactive ketones (excluding diaryl/α,β-unsaturated/α-hetero) is 1.